The molecular formula is C25H24ClN3O2. The number of halogens is 1. The summed E-state index contributed by atoms with van der Waals surface area (Å²) in [5, 5.41) is 3.34. The van der Waals surface area contributed by atoms with Crippen LogP contribution in [0.25, 0.3) is 0 Å². The van der Waals surface area contributed by atoms with Gasteiger partial charge in [0.1, 0.15) is 11.5 Å². The normalized spacial score (nSPS) is 14.0. The first-order chi connectivity index (χ1) is 15.1. The summed E-state index contributed by atoms with van der Waals surface area (Å²) >= 11 is 6.34. The molecule has 2 aromatic heterocycles. The molecule has 1 amide bonds. The summed E-state index contributed by atoms with van der Waals surface area (Å²) < 4.78 is 7.37. The van der Waals surface area contributed by atoms with Gasteiger partial charge >= 0.3 is 0 Å². The average molecular weight is 434 g/mol. The van der Waals surface area contributed by atoms with E-state index in [0.29, 0.717) is 22.5 Å². The van der Waals surface area contributed by atoms with Crippen LogP contribution < -0.4 is 5.32 Å². The third-order valence-corrected chi connectivity index (χ3v) is 5.67. The van der Waals surface area contributed by atoms with Crippen molar-refractivity contribution in [1.29, 1.82) is 0 Å². The molecule has 0 saturated carbocycles. The van der Waals surface area contributed by atoms with Gasteiger partial charge in [-0.15, -0.1) is 0 Å². The third-order valence-electron chi connectivity index (χ3n) is 5.36. The zero-order valence-corrected chi connectivity index (χ0v) is 18.2. The number of nitrogens with zero attached hydrogens (tertiary/aromatic N) is 2. The van der Waals surface area contributed by atoms with Crippen molar-refractivity contribution in [2.45, 2.75) is 26.3 Å². The minimum atomic E-state index is -0.263. The van der Waals surface area contributed by atoms with Crippen molar-refractivity contribution in [1.82, 2.24) is 9.55 Å². The molecule has 1 aliphatic heterocycles. The lowest BCUT2D eigenvalue weighted by atomic mass is 10.0. The Hall–Kier alpha value is -3.07. The molecule has 1 N–H and O–H groups in total. The monoisotopic (exact) mass is 433 g/mol. The van der Waals surface area contributed by atoms with Crippen LogP contribution in [0.15, 0.2) is 54.9 Å². The summed E-state index contributed by atoms with van der Waals surface area (Å²) in [6.45, 7) is 4.19. The molecule has 0 bridgehead atoms. The predicted octanol–water partition coefficient (Wildman–Crippen LogP) is 4.92. The lowest BCUT2D eigenvalue weighted by molar-refractivity contribution is 0.0610. The zero-order chi connectivity index (χ0) is 21.6. The van der Waals surface area contributed by atoms with Gasteiger partial charge in [0.15, 0.2) is 0 Å². The van der Waals surface area contributed by atoms with E-state index < -0.39 is 0 Å². The van der Waals surface area contributed by atoms with Crippen molar-refractivity contribution in [3.8, 4) is 11.8 Å². The molecule has 0 spiro atoms. The van der Waals surface area contributed by atoms with Crippen molar-refractivity contribution in [3.63, 3.8) is 0 Å². The van der Waals surface area contributed by atoms with Gasteiger partial charge < -0.3 is 14.6 Å². The average Bonchev–Trinajstić information content (AvgIpc) is 3.15. The Kier molecular flexibility index (Phi) is 6.71. The molecule has 1 aromatic carbocycles. The maximum Gasteiger partial charge on any atom is 0.274 e. The first-order valence-electron chi connectivity index (χ1n) is 10.4. The van der Waals surface area contributed by atoms with E-state index in [0.717, 1.165) is 49.3 Å². The number of hydrogen-bond donors (Lipinski definition) is 1. The fraction of sp³-hybridized carbons (Fsp3) is 0.280. The van der Waals surface area contributed by atoms with Crippen LogP contribution in [-0.4, -0.2) is 28.7 Å². The fourth-order valence-corrected chi connectivity index (χ4v) is 3.90. The van der Waals surface area contributed by atoms with E-state index in [1.807, 2.05) is 54.1 Å². The summed E-state index contributed by atoms with van der Waals surface area (Å²) in [5.74, 6) is 6.95. The second-order valence-electron chi connectivity index (χ2n) is 7.68. The van der Waals surface area contributed by atoms with Crippen LogP contribution in [0.4, 0.5) is 5.82 Å². The topological polar surface area (TPSA) is 56.2 Å². The van der Waals surface area contributed by atoms with E-state index in [1.54, 1.807) is 12.3 Å². The summed E-state index contributed by atoms with van der Waals surface area (Å²) in [6, 6.07) is 13.5. The van der Waals surface area contributed by atoms with E-state index in [-0.39, 0.29) is 5.91 Å². The molecule has 1 aliphatic rings. The van der Waals surface area contributed by atoms with E-state index in [2.05, 4.69) is 22.1 Å². The Morgan fingerprint density at radius 3 is 2.68 bits per heavy atom. The molecular weight excluding hydrogens is 410 g/mol. The number of ether oxygens (including phenoxy) is 1. The first-order valence-corrected chi connectivity index (χ1v) is 10.8. The molecule has 1 saturated heterocycles. The maximum atomic E-state index is 13.0. The van der Waals surface area contributed by atoms with Crippen molar-refractivity contribution in [2.24, 2.45) is 5.92 Å². The highest BCUT2D eigenvalue weighted by Crippen LogP contribution is 2.24. The molecule has 0 atom stereocenters. The third kappa shape index (κ3) is 5.35. The molecule has 3 aromatic rings. The molecule has 3 heterocycles. The summed E-state index contributed by atoms with van der Waals surface area (Å²) in [4.78, 5) is 17.4. The van der Waals surface area contributed by atoms with Gasteiger partial charge in [-0.1, -0.05) is 41.6 Å². The Bertz CT molecular complexity index is 1120. The molecule has 31 heavy (non-hydrogen) atoms. The quantitative estimate of drug-likeness (QED) is 0.594. The van der Waals surface area contributed by atoms with E-state index in [9.17, 15) is 4.79 Å². The number of carbonyl (C=O) groups is 1. The van der Waals surface area contributed by atoms with Gasteiger partial charge in [0.2, 0.25) is 0 Å². The summed E-state index contributed by atoms with van der Waals surface area (Å²) in [5.41, 5.74) is 3.03. The number of hydrogen-bond acceptors (Lipinski definition) is 3. The van der Waals surface area contributed by atoms with Crippen LogP contribution in [0.3, 0.4) is 0 Å². The highest BCUT2D eigenvalue weighted by Gasteiger charge is 2.21. The van der Waals surface area contributed by atoms with Crippen molar-refractivity contribution in [3.05, 3.63) is 82.3 Å². The smallest absolute Gasteiger partial charge is 0.274 e. The number of aromatic nitrogens is 2. The number of pyridine rings is 1. The van der Waals surface area contributed by atoms with E-state index in [4.69, 9.17) is 16.3 Å². The SMILES string of the molecule is Cc1cc(C#Cc2ccccc2)cnc1NC(=O)c1c(Cl)ccn1CC1CCOCC1. The van der Waals surface area contributed by atoms with Crippen LogP contribution in [0, 0.1) is 24.7 Å². The van der Waals surface area contributed by atoms with Crippen LogP contribution in [0.2, 0.25) is 5.02 Å². The van der Waals surface area contributed by atoms with Gasteiger partial charge in [0.25, 0.3) is 5.91 Å². The minimum Gasteiger partial charge on any atom is -0.381 e. The van der Waals surface area contributed by atoms with Gasteiger partial charge in [-0.25, -0.2) is 4.98 Å². The van der Waals surface area contributed by atoms with E-state index in [1.165, 1.54) is 0 Å². The zero-order valence-electron chi connectivity index (χ0n) is 17.4. The predicted molar refractivity (Wildman–Crippen MR) is 122 cm³/mol. The molecule has 6 heteroatoms. The maximum absolute atomic E-state index is 13.0. The lowest BCUT2D eigenvalue weighted by Crippen LogP contribution is -2.24. The number of amides is 1. The standard InChI is InChI=1S/C25H24ClN3O2/c1-18-15-21(8-7-19-5-3-2-4-6-19)16-27-24(18)28-25(30)23-22(26)9-12-29(23)17-20-10-13-31-14-11-20/h2-6,9,12,15-16,20H,10-11,13-14,17H2,1H3,(H,27,28,30). The summed E-state index contributed by atoms with van der Waals surface area (Å²) in [6.07, 6.45) is 5.52. The number of anilines is 1. The molecule has 0 aliphatic carbocycles. The summed E-state index contributed by atoms with van der Waals surface area (Å²) in [7, 11) is 0. The Morgan fingerprint density at radius 2 is 1.94 bits per heavy atom. The van der Waals surface area contributed by atoms with Crippen LogP contribution in [0.5, 0.6) is 0 Å². The second-order valence-corrected chi connectivity index (χ2v) is 8.09. The highest BCUT2D eigenvalue weighted by atomic mass is 35.5. The Morgan fingerprint density at radius 1 is 1.19 bits per heavy atom. The van der Waals surface area contributed by atoms with Gasteiger partial charge in [0.05, 0.1) is 5.02 Å². The number of aryl methyl sites for hydroxylation is 1. The Balaban J connectivity index is 1.48. The van der Waals surface area contributed by atoms with Gasteiger partial charge in [0, 0.05) is 43.3 Å². The van der Waals surface area contributed by atoms with Gasteiger partial charge in [-0.3, -0.25) is 4.79 Å². The van der Waals surface area contributed by atoms with Gasteiger partial charge in [-0.05, 0) is 55.5 Å². The van der Waals surface area contributed by atoms with Crippen molar-refractivity contribution >= 4 is 23.3 Å². The van der Waals surface area contributed by atoms with Gasteiger partial charge in [-0.2, -0.15) is 0 Å². The van der Waals surface area contributed by atoms with E-state index >= 15 is 0 Å². The van der Waals surface area contributed by atoms with Crippen molar-refractivity contribution < 1.29 is 9.53 Å². The molecule has 0 radical (unpaired) electrons. The Labute approximate surface area is 187 Å². The first kappa shape index (κ1) is 21.2. The number of benzene rings is 1. The largest absolute Gasteiger partial charge is 0.381 e. The van der Waals surface area contributed by atoms with Crippen LogP contribution in [0.1, 0.15) is 40.0 Å². The number of rotatable bonds is 4. The van der Waals surface area contributed by atoms with Crippen LogP contribution in [-0.2, 0) is 11.3 Å². The molecule has 5 nitrogen and oxygen atoms in total. The van der Waals surface area contributed by atoms with Crippen LogP contribution >= 0.6 is 11.6 Å². The molecule has 158 valence electrons. The molecule has 0 unspecified atom stereocenters. The molecule has 1 fully saturated rings. The second kappa shape index (κ2) is 9.82. The molecule has 4 rings (SSSR count). The lowest BCUT2D eigenvalue weighted by Gasteiger charge is -2.23. The van der Waals surface area contributed by atoms with Crippen molar-refractivity contribution in [2.75, 3.05) is 18.5 Å². The minimum absolute atomic E-state index is 0.263. The fourth-order valence-electron chi connectivity index (χ4n) is 3.65. The number of carbonyl (C=O) groups excluding carboxylic acids is 1. The number of nitrogens with one attached hydrogen (secondary N) is 1. The highest BCUT2D eigenvalue weighted by molar-refractivity contribution is 6.34.